The van der Waals surface area contributed by atoms with Crippen LogP contribution in [0.25, 0.3) is 21.8 Å². The zero-order valence-corrected chi connectivity index (χ0v) is 13.2. The van der Waals surface area contributed by atoms with E-state index in [1.54, 1.807) is 19.2 Å². The smallest absolute Gasteiger partial charge is 0.270 e. The highest BCUT2D eigenvalue weighted by molar-refractivity contribution is 6.10. The third-order valence-corrected chi connectivity index (χ3v) is 4.13. The fourth-order valence-corrected chi connectivity index (χ4v) is 2.95. The molecule has 1 N–H and O–H groups in total. The first-order valence-corrected chi connectivity index (χ1v) is 7.71. The summed E-state index contributed by atoms with van der Waals surface area (Å²) in [5.41, 5.74) is 5.47. The predicted octanol–water partition coefficient (Wildman–Crippen LogP) is 4.19. The maximum Gasteiger partial charge on any atom is 0.270 e. The molecule has 1 amide bonds. The van der Waals surface area contributed by atoms with Crippen LogP contribution >= 0.6 is 0 Å². The van der Waals surface area contributed by atoms with Crippen molar-refractivity contribution in [3.8, 4) is 5.75 Å². The molecule has 3 aromatic carbocycles. The molecule has 118 valence electrons. The van der Waals surface area contributed by atoms with E-state index in [0.29, 0.717) is 5.56 Å². The molecule has 4 heteroatoms. The van der Waals surface area contributed by atoms with Crippen LogP contribution in [0.1, 0.15) is 10.4 Å². The number of para-hydroxylation sites is 1. The van der Waals surface area contributed by atoms with Crippen LogP contribution in [-0.4, -0.2) is 17.7 Å². The summed E-state index contributed by atoms with van der Waals surface area (Å²) in [5, 5.41) is 2.16. The Balaban J connectivity index is 1.90. The van der Waals surface area contributed by atoms with Crippen molar-refractivity contribution in [1.29, 1.82) is 0 Å². The van der Waals surface area contributed by atoms with Crippen LogP contribution in [0.15, 0.2) is 72.8 Å². The highest BCUT2D eigenvalue weighted by Gasteiger charge is 2.14. The van der Waals surface area contributed by atoms with Gasteiger partial charge in [-0.1, -0.05) is 36.4 Å². The number of carbonyl (C=O) groups is 1. The van der Waals surface area contributed by atoms with Crippen molar-refractivity contribution in [2.75, 3.05) is 12.5 Å². The highest BCUT2D eigenvalue weighted by atomic mass is 16.5. The number of methoxy groups -OCH3 is 1. The van der Waals surface area contributed by atoms with Crippen molar-refractivity contribution in [2.24, 2.45) is 0 Å². The molecule has 0 saturated heterocycles. The van der Waals surface area contributed by atoms with Crippen molar-refractivity contribution >= 4 is 27.7 Å². The van der Waals surface area contributed by atoms with Gasteiger partial charge in [-0.3, -0.25) is 14.9 Å². The lowest BCUT2D eigenvalue weighted by Crippen LogP contribution is -2.22. The predicted molar refractivity (Wildman–Crippen MR) is 96.1 cm³/mol. The van der Waals surface area contributed by atoms with Gasteiger partial charge in [0.05, 0.1) is 18.1 Å². The van der Waals surface area contributed by atoms with Crippen LogP contribution in [0.5, 0.6) is 5.75 Å². The zero-order valence-electron chi connectivity index (χ0n) is 13.2. The number of benzene rings is 3. The van der Waals surface area contributed by atoms with Gasteiger partial charge in [-0.25, -0.2) is 0 Å². The number of nitrogens with one attached hydrogen (secondary N) is 1. The molecular weight excluding hydrogens is 300 g/mol. The van der Waals surface area contributed by atoms with Crippen molar-refractivity contribution in [3.63, 3.8) is 0 Å². The van der Waals surface area contributed by atoms with E-state index in [0.717, 1.165) is 27.6 Å². The number of rotatable bonds is 3. The van der Waals surface area contributed by atoms with E-state index in [1.165, 1.54) is 0 Å². The molecule has 0 atom stereocenters. The number of fused-ring (bicyclic) bond motifs is 3. The van der Waals surface area contributed by atoms with Crippen molar-refractivity contribution < 1.29 is 9.53 Å². The number of amides is 1. The lowest BCUT2D eigenvalue weighted by molar-refractivity contribution is 0.101. The van der Waals surface area contributed by atoms with Crippen molar-refractivity contribution in [1.82, 2.24) is 4.68 Å². The monoisotopic (exact) mass is 316 g/mol. The molecule has 0 bridgehead atoms. The average Bonchev–Trinajstić information content (AvgIpc) is 2.96. The van der Waals surface area contributed by atoms with Gasteiger partial charge in [0.25, 0.3) is 5.91 Å². The summed E-state index contributed by atoms with van der Waals surface area (Å²) < 4.78 is 7.16. The van der Waals surface area contributed by atoms with Gasteiger partial charge >= 0.3 is 0 Å². The van der Waals surface area contributed by atoms with Gasteiger partial charge in [0.2, 0.25) is 0 Å². The fraction of sp³-hybridized carbons (Fsp3) is 0.0500. The summed E-state index contributed by atoms with van der Waals surface area (Å²) in [6.45, 7) is 0. The third-order valence-electron chi connectivity index (χ3n) is 4.13. The van der Waals surface area contributed by atoms with Gasteiger partial charge in [0, 0.05) is 22.4 Å². The summed E-state index contributed by atoms with van der Waals surface area (Å²) in [6.07, 6.45) is 0. The minimum Gasteiger partial charge on any atom is -0.497 e. The fourth-order valence-electron chi connectivity index (χ4n) is 2.95. The Morgan fingerprint density at radius 3 is 2.38 bits per heavy atom. The van der Waals surface area contributed by atoms with Gasteiger partial charge < -0.3 is 4.74 Å². The maximum absolute atomic E-state index is 12.6. The van der Waals surface area contributed by atoms with Gasteiger partial charge in [-0.05, 0) is 30.3 Å². The van der Waals surface area contributed by atoms with Crippen LogP contribution < -0.4 is 10.2 Å². The van der Waals surface area contributed by atoms with E-state index in [1.807, 2.05) is 59.3 Å². The molecule has 0 spiro atoms. The Bertz CT molecular complexity index is 1040. The van der Waals surface area contributed by atoms with Crippen LogP contribution in [-0.2, 0) is 0 Å². The SMILES string of the molecule is COc1ccc2c3ccccc3n(NC(=O)c3ccccc3)c2c1. The highest BCUT2D eigenvalue weighted by Crippen LogP contribution is 2.30. The lowest BCUT2D eigenvalue weighted by Gasteiger charge is -2.10. The summed E-state index contributed by atoms with van der Waals surface area (Å²) in [6, 6.07) is 23.1. The van der Waals surface area contributed by atoms with Gasteiger partial charge in [0.1, 0.15) is 5.75 Å². The van der Waals surface area contributed by atoms with E-state index in [9.17, 15) is 4.79 Å². The topological polar surface area (TPSA) is 43.3 Å². The van der Waals surface area contributed by atoms with E-state index in [4.69, 9.17) is 4.74 Å². The number of carbonyl (C=O) groups excluding carboxylic acids is 1. The number of hydrogen-bond acceptors (Lipinski definition) is 2. The summed E-state index contributed by atoms with van der Waals surface area (Å²) in [4.78, 5) is 12.6. The van der Waals surface area contributed by atoms with E-state index in [2.05, 4.69) is 11.5 Å². The van der Waals surface area contributed by atoms with E-state index in [-0.39, 0.29) is 5.91 Å². The van der Waals surface area contributed by atoms with Crippen LogP contribution in [0.2, 0.25) is 0 Å². The second-order valence-corrected chi connectivity index (χ2v) is 5.54. The first-order valence-electron chi connectivity index (χ1n) is 7.71. The standard InChI is InChI=1S/C20H16N2O2/c1-24-15-11-12-17-16-9-5-6-10-18(16)22(19(17)13-15)21-20(23)14-7-3-2-4-8-14/h2-13H,1H3,(H,21,23). The largest absolute Gasteiger partial charge is 0.497 e. The Labute approximate surface area is 139 Å². The molecular formula is C20H16N2O2. The number of aromatic nitrogens is 1. The van der Waals surface area contributed by atoms with Gasteiger partial charge in [-0.2, -0.15) is 0 Å². The summed E-state index contributed by atoms with van der Waals surface area (Å²) >= 11 is 0. The molecule has 24 heavy (non-hydrogen) atoms. The molecule has 0 radical (unpaired) electrons. The van der Waals surface area contributed by atoms with E-state index >= 15 is 0 Å². The Hall–Kier alpha value is -3.27. The van der Waals surface area contributed by atoms with Crippen LogP contribution in [0.4, 0.5) is 0 Å². The second kappa shape index (κ2) is 5.74. The quantitative estimate of drug-likeness (QED) is 0.616. The molecule has 1 aromatic heterocycles. The zero-order chi connectivity index (χ0) is 16.5. The number of nitrogens with zero attached hydrogens (tertiary/aromatic N) is 1. The summed E-state index contributed by atoms with van der Waals surface area (Å²) in [7, 11) is 1.64. The molecule has 4 nitrogen and oxygen atoms in total. The third kappa shape index (κ3) is 2.29. The molecule has 0 fully saturated rings. The molecule has 4 rings (SSSR count). The van der Waals surface area contributed by atoms with E-state index < -0.39 is 0 Å². The Morgan fingerprint density at radius 2 is 1.58 bits per heavy atom. The lowest BCUT2D eigenvalue weighted by atomic mass is 10.1. The van der Waals surface area contributed by atoms with Crippen molar-refractivity contribution in [2.45, 2.75) is 0 Å². The molecule has 1 heterocycles. The number of ether oxygens (including phenoxy) is 1. The van der Waals surface area contributed by atoms with Gasteiger partial charge in [0.15, 0.2) is 0 Å². The first-order chi connectivity index (χ1) is 11.8. The molecule has 0 aliphatic rings. The molecule has 0 aliphatic heterocycles. The Morgan fingerprint density at radius 1 is 0.875 bits per heavy atom. The molecule has 0 saturated carbocycles. The maximum atomic E-state index is 12.6. The summed E-state index contributed by atoms with van der Waals surface area (Å²) in [5.74, 6) is 0.599. The van der Waals surface area contributed by atoms with Crippen LogP contribution in [0, 0.1) is 0 Å². The normalized spacial score (nSPS) is 10.9. The molecule has 4 aromatic rings. The minimum atomic E-state index is -0.152. The second-order valence-electron chi connectivity index (χ2n) is 5.54. The molecule has 0 unspecified atom stereocenters. The number of hydrogen-bond donors (Lipinski definition) is 1. The first kappa shape index (κ1) is 14.3. The molecule has 0 aliphatic carbocycles. The van der Waals surface area contributed by atoms with Crippen LogP contribution in [0.3, 0.4) is 0 Å². The Kier molecular flexibility index (Phi) is 3.43. The van der Waals surface area contributed by atoms with Gasteiger partial charge in [-0.15, -0.1) is 0 Å². The minimum absolute atomic E-state index is 0.152. The average molecular weight is 316 g/mol. The van der Waals surface area contributed by atoms with Crippen molar-refractivity contribution in [3.05, 3.63) is 78.4 Å².